The number of thiophene rings is 1. The molecule has 0 saturated carbocycles. The second-order valence-electron chi connectivity index (χ2n) is 4.18. The molecule has 0 saturated heterocycles. The minimum absolute atomic E-state index is 0.0894. The Labute approximate surface area is 108 Å². The summed E-state index contributed by atoms with van der Waals surface area (Å²) < 4.78 is 4.86. The van der Waals surface area contributed by atoms with Crippen molar-refractivity contribution in [2.24, 2.45) is 0 Å². The molecule has 0 spiro atoms. The van der Waals surface area contributed by atoms with Crippen LogP contribution < -0.4 is 5.56 Å². The molecule has 0 aliphatic carbocycles. The third-order valence-corrected chi connectivity index (χ3v) is 3.98. The van der Waals surface area contributed by atoms with Crippen molar-refractivity contribution in [2.45, 2.75) is 20.0 Å². The fraction of sp³-hybridized carbons (Fsp3) is 0.231. The number of pyridine rings is 1. The SMILES string of the molecule is Cc1nccn1CCn1ccc2sccc2c1=O. The molecule has 0 unspecified atom stereocenters. The second kappa shape index (κ2) is 4.42. The van der Waals surface area contributed by atoms with E-state index < -0.39 is 0 Å². The summed E-state index contributed by atoms with van der Waals surface area (Å²) >= 11 is 1.60. The number of aryl methyl sites for hydroxylation is 3. The van der Waals surface area contributed by atoms with Crippen LogP contribution in [0, 0.1) is 6.92 Å². The van der Waals surface area contributed by atoms with E-state index in [1.54, 1.807) is 22.1 Å². The minimum atomic E-state index is 0.0894. The minimum Gasteiger partial charge on any atom is -0.333 e. The number of hydrogen-bond acceptors (Lipinski definition) is 3. The van der Waals surface area contributed by atoms with E-state index in [2.05, 4.69) is 4.98 Å². The van der Waals surface area contributed by atoms with Crippen LogP contribution in [0.3, 0.4) is 0 Å². The van der Waals surface area contributed by atoms with Crippen molar-refractivity contribution in [2.75, 3.05) is 0 Å². The van der Waals surface area contributed by atoms with Crippen LogP contribution in [0.5, 0.6) is 0 Å². The maximum atomic E-state index is 12.2. The van der Waals surface area contributed by atoms with Gasteiger partial charge in [0.25, 0.3) is 5.56 Å². The zero-order valence-electron chi connectivity index (χ0n) is 10.0. The molecule has 0 amide bonds. The number of aromatic nitrogens is 3. The average Bonchev–Trinajstić information content (AvgIpc) is 2.98. The first-order valence-corrected chi connectivity index (χ1v) is 6.68. The van der Waals surface area contributed by atoms with Gasteiger partial charge in [0, 0.05) is 36.4 Å². The molecule has 18 heavy (non-hydrogen) atoms. The van der Waals surface area contributed by atoms with Gasteiger partial charge in [0.15, 0.2) is 0 Å². The summed E-state index contributed by atoms with van der Waals surface area (Å²) in [6.07, 6.45) is 5.58. The predicted molar refractivity (Wildman–Crippen MR) is 73.0 cm³/mol. The molecule has 4 nitrogen and oxygen atoms in total. The Kier molecular flexibility index (Phi) is 2.76. The van der Waals surface area contributed by atoms with Crippen LogP contribution in [0.2, 0.25) is 0 Å². The van der Waals surface area contributed by atoms with Gasteiger partial charge in [0.2, 0.25) is 0 Å². The van der Waals surface area contributed by atoms with Gasteiger partial charge in [-0.05, 0) is 24.4 Å². The van der Waals surface area contributed by atoms with Crippen LogP contribution in [0.15, 0.2) is 40.9 Å². The maximum Gasteiger partial charge on any atom is 0.259 e. The third kappa shape index (κ3) is 1.86. The number of fused-ring (bicyclic) bond motifs is 1. The Morgan fingerprint density at radius 2 is 2.06 bits per heavy atom. The molecule has 92 valence electrons. The lowest BCUT2D eigenvalue weighted by Gasteiger charge is -2.07. The molecular weight excluding hydrogens is 246 g/mol. The van der Waals surface area contributed by atoms with Gasteiger partial charge in [0.1, 0.15) is 5.82 Å². The van der Waals surface area contributed by atoms with Gasteiger partial charge >= 0.3 is 0 Å². The molecule has 3 aromatic heterocycles. The summed E-state index contributed by atoms with van der Waals surface area (Å²) in [5.74, 6) is 0.972. The Balaban J connectivity index is 1.89. The fourth-order valence-electron chi connectivity index (χ4n) is 2.04. The first-order chi connectivity index (χ1) is 8.75. The molecule has 0 aliphatic rings. The van der Waals surface area contributed by atoms with E-state index in [4.69, 9.17) is 0 Å². The molecule has 0 atom stereocenters. The highest BCUT2D eigenvalue weighted by Crippen LogP contribution is 2.16. The summed E-state index contributed by atoms with van der Waals surface area (Å²) in [5.41, 5.74) is 0.0894. The van der Waals surface area contributed by atoms with Crippen LogP contribution in [0.4, 0.5) is 0 Å². The molecule has 0 bridgehead atoms. The summed E-state index contributed by atoms with van der Waals surface area (Å²) in [6, 6.07) is 3.89. The van der Waals surface area contributed by atoms with Gasteiger partial charge in [-0.15, -0.1) is 11.3 Å². The van der Waals surface area contributed by atoms with E-state index in [0.717, 1.165) is 22.5 Å². The highest BCUT2D eigenvalue weighted by molar-refractivity contribution is 7.17. The zero-order valence-corrected chi connectivity index (χ0v) is 10.9. The molecule has 0 fully saturated rings. The van der Waals surface area contributed by atoms with Crippen molar-refractivity contribution in [1.29, 1.82) is 0 Å². The molecular formula is C13H13N3OS. The summed E-state index contributed by atoms with van der Waals surface area (Å²) in [4.78, 5) is 16.3. The first-order valence-electron chi connectivity index (χ1n) is 5.80. The van der Waals surface area contributed by atoms with Gasteiger partial charge < -0.3 is 9.13 Å². The smallest absolute Gasteiger partial charge is 0.259 e. The number of nitrogens with zero attached hydrogens (tertiary/aromatic N) is 3. The van der Waals surface area contributed by atoms with Crippen molar-refractivity contribution < 1.29 is 0 Å². The van der Waals surface area contributed by atoms with E-state index in [1.165, 1.54) is 0 Å². The van der Waals surface area contributed by atoms with E-state index in [9.17, 15) is 4.79 Å². The van der Waals surface area contributed by atoms with E-state index in [0.29, 0.717) is 6.54 Å². The quantitative estimate of drug-likeness (QED) is 0.724. The van der Waals surface area contributed by atoms with Crippen LogP contribution in [0.25, 0.3) is 10.1 Å². The summed E-state index contributed by atoms with van der Waals surface area (Å²) in [5, 5.41) is 2.76. The van der Waals surface area contributed by atoms with Crippen molar-refractivity contribution in [3.63, 3.8) is 0 Å². The number of imidazole rings is 1. The topological polar surface area (TPSA) is 39.8 Å². The van der Waals surface area contributed by atoms with Crippen molar-refractivity contribution in [3.8, 4) is 0 Å². The molecule has 0 aliphatic heterocycles. The molecule has 3 heterocycles. The van der Waals surface area contributed by atoms with Crippen molar-refractivity contribution >= 4 is 21.4 Å². The van der Waals surface area contributed by atoms with E-state index >= 15 is 0 Å². The average molecular weight is 259 g/mol. The van der Waals surface area contributed by atoms with Crippen LogP contribution in [-0.4, -0.2) is 14.1 Å². The highest BCUT2D eigenvalue weighted by atomic mass is 32.1. The molecule has 5 heteroatoms. The van der Waals surface area contributed by atoms with Gasteiger partial charge in [-0.1, -0.05) is 0 Å². The summed E-state index contributed by atoms with van der Waals surface area (Å²) in [6.45, 7) is 3.40. The van der Waals surface area contributed by atoms with Gasteiger partial charge in [-0.25, -0.2) is 4.98 Å². The maximum absolute atomic E-state index is 12.2. The number of rotatable bonds is 3. The van der Waals surface area contributed by atoms with Crippen molar-refractivity contribution in [1.82, 2.24) is 14.1 Å². The lowest BCUT2D eigenvalue weighted by atomic mass is 10.3. The van der Waals surface area contributed by atoms with Gasteiger partial charge in [-0.2, -0.15) is 0 Å². The highest BCUT2D eigenvalue weighted by Gasteiger charge is 2.04. The van der Waals surface area contributed by atoms with E-state index in [-0.39, 0.29) is 5.56 Å². The summed E-state index contributed by atoms with van der Waals surface area (Å²) in [7, 11) is 0. The van der Waals surface area contributed by atoms with Crippen LogP contribution >= 0.6 is 11.3 Å². The Bertz CT molecular complexity index is 738. The first kappa shape index (κ1) is 11.2. The third-order valence-electron chi connectivity index (χ3n) is 3.10. The molecule has 0 N–H and O–H groups in total. The molecule has 0 aromatic carbocycles. The van der Waals surface area contributed by atoms with Crippen molar-refractivity contribution in [3.05, 3.63) is 52.3 Å². The Morgan fingerprint density at radius 1 is 1.22 bits per heavy atom. The Hall–Kier alpha value is -1.88. The Morgan fingerprint density at radius 3 is 2.83 bits per heavy atom. The van der Waals surface area contributed by atoms with Crippen LogP contribution in [0.1, 0.15) is 5.82 Å². The standard InChI is InChI=1S/C13H13N3OS/c1-10-14-4-6-15(10)7-8-16-5-2-12-11(13(16)17)3-9-18-12/h2-6,9H,7-8H2,1H3. The second-order valence-corrected chi connectivity index (χ2v) is 5.13. The largest absolute Gasteiger partial charge is 0.333 e. The molecule has 0 radical (unpaired) electrons. The molecule has 3 rings (SSSR count). The lowest BCUT2D eigenvalue weighted by Crippen LogP contribution is -2.21. The number of hydrogen-bond donors (Lipinski definition) is 0. The van der Waals surface area contributed by atoms with Gasteiger partial charge in [0.05, 0.1) is 5.39 Å². The van der Waals surface area contributed by atoms with Crippen LogP contribution in [-0.2, 0) is 13.1 Å². The molecule has 3 aromatic rings. The van der Waals surface area contributed by atoms with Gasteiger partial charge in [-0.3, -0.25) is 4.79 Å². The normalized spacial score (nSPS) is 11.2. The monoisotopic (exact) mass is 259 g/mol. The lowest BCUT2D eigenvalue weighted by molar-refractivity contribution is 0.558. The zero-order chi connectivity index (χ0) is 12.5. The predicted octanol–water partition coefficient (Wildman–Crippen LogP) is 2.27. The fourth-order valence-corrected chi connectivity index (χ4v) is 2.81. The van der Waals surface area contributed by atoms with E-state index in [1.807, 2.05) is 41.4 Å².